The van der Waals surface area contributed by atoms with E-state index in [9.17, 15) is 0 Å². The minimum absolute atomic E-state index is 0.894. The van der Waals surface area contributed by atoms with E-state index in [0.717, 1.165) is 45.0 Å². The molecule has 0 spiro atoms. The summed E-state index contributed by atoms with van der Waals surface area (Å²) in [7, 11) is 0. The molecule has 8 aromatic carbocycles. The molecule has 0 unspecified atom stereocenters. The first kappa shape index (κ1) is 31.7. The van der Waals surface area contributed by atoms with Crippen molar-refractivity contribution in [1.29, 1.82) is 0 Å². The predicted molar refractivity (Wildman–Crippen MR) is 246 cm³/mol. The molecule has 5 heteroatoms. The Hall–Kier alpha value is -7.47. The van der Waals surface area contributed by atoms with Gasteiger partial charge in [0, 0.05) is 69.4 Å². The van der Waals surface area contributed by atoms with Gasteiger partial charge in [-0.3, -0.25) is 4.57 Å². The van der Waals surface area contributed by atoms with Crippen LogP contribution in [0.1, 0.15) is 0 Å². The Balaban J connectivity index is 1.05. The zero-order chi connectivity index (χ0) is 37.9. The van der Waals surface area contributed by atoms with Gasteiger partial charge in [0.25, 0.3) is 0 Å². The molecule has 58 heavy (non-hydrogen) atoms. The zero-order valence-corrected chi connectivity index (χ0v) is 32.0. The maximum absolute atomic E-state index is 5.46. The number of para-hydroxylation sites is 4. The molecular formula is C53H32N4S. The predicted octanol–water partition coefficient (Wildman–Crippen LogP) is 14.4. The highest BCUT2D eigenvalue weighted by Crippen LogP contribution is 2.42. The quantitative estimate of drug-likeness (QED) is 0.176. The van der Waals surface area contributed by atoms with E-state index in [0.29, 0.717) is 0 Å². The fourth-order valence-corrected chi connectivity index (χ4v) is 10.6. The van der Waals surface area contributed by atoms with Crippen molar-refractivity contribution in [3.8, 4) is 28.5 Å². The van der Waals surface area contributed by atoms with Crippen LogP contribution >= 0.6 is 11.3 Å². The van der Waals surface area contributed by atoms with E-state index >= 15 is 0 Å². The molecule has 0 fully saturated rings. The van der Waals surface area contributed by atoms with E-state index in [2.05, 4.69) is 208 Å². The third kappa shape index (κ3) is 4.42. The Morgan fingerprint density at radius 2 is 0.810 bits per heavy atom. The Labute approximate surface area is 336 Å². The van der Waals surface area contributed by atoms with Gasteiger partial charge in [0.05, 0.1) is 38.8 Å². The molecule has 0 radical (unpaired) electrons. The van der Waals surface area contributed by atoms with E-state index in [-0.39, 0.29) is 0 Å². The Morgan fingerprint density at radius 1 is 0.328 bits per heavy atom. The SMILES string of the molecule is c1cc(-c2ccc3sc4ccccc4c3c2)nc(-n2c3ccccc3c3ccc4c5ccccc5n(-c5ccc(-n6c7ccccc7c7ccccc76)cc5)c4c32)c1. The van der Waals surface area contributed by atoms with Crippen molar-refractivity contribution < 1.29 is 0 Å². The highest BCUT2D eigenvalue weighted by Gasteiger charge is 2.22. The summed E-state index contributed by atoms with van der Waals surface area (Å²) in [6.45, 7) is 0. The second kappa shape index (κ2) is 12.0. The lowest BCUT2D eigenvalue weighted by molar-refractivity contribution is 1.08. The number of hydrogen-bond acceptors (Lipinski definition) is 2. The first-order chi connectivity index (χ1) is 28.8. The summed E-state index contributed by atoms with van der Waals surface area (Å²) in [5, 5.41) is 9.93. The van der Waals surface area contributed by atoms with E-state index in [1.165, 1.54) is 69.0 Å². The monoisotopic (exact) mass is 756 g/mol. The molecule has 0 saturated carbocycles. The number of hydrogen-bond donors (Lipinski definition) is 0. The molecule has 0 aliphatic heterocycles. The fourth-order valence-electron chi connectivity index (χ4n) is 9.55. The second-order valence-electron chi connectivity index (χ2n) is 15.1. The van der Waals surface area contributed by atoms with Crippen molar-refractivity contribution in [2.45, 2.75) is 0 Å². The van der Waals surface area contributed by atoms with Gasteiger partial charge >= 0.3 is 0 Å². The van der Waals surface area contributed by atoms with Crippen molar-refractivity contribution >= 4 is 96.9 Å². The third-order valence-electron chi connectivity index (χ3n) is 12.1. The topological polar surface area (TPSA) is 27.7 Å². The lowest BCUT2D eigenvalue weighted by Gasteiger charge is -2.14. The van der Waals surface area contributed by atoms with Gasteiger partial charge in [0.2, 0.25) is 0 Å². The highest BCUT2D eigenvalue weighted by atomic mass is 32.1. The van der Waals surface area contributed by atoms with Gasteiger partial charge in [-0.25, -0.2) is 4.98 Å². The number of fused-ring (bicyclic) bond motifs is 13. The molecule has 13 rings (SSSR count). The van der Waals surface area contributed by atoms with Crippen LogP contribution in [0.4, 0.5) is 0 Å². The number of benzene rings is 8. The maximum Gasteiger partial charge on any atom is 0.138 e. The minimum Gasteiger partial charge on any atom is -0.309 e. The van der Waals surface area contributed by atoms with Crippen molar-refractivity contribution in [2.75, 3.05) is 0 Å². The van der Waals surface area contributed by atoms with Gasteiger partial charge in [-0.05, 0) is 78.9 Å². The van der Waals surface area contributed by atoms with E-state index in [4.69, 9.17) is 4.98 Å². The van der Waals surface area contributed by atoms with Gasteiger partial charge in [-0.1, -0.05) is 115 Å². The molecule has 4 nitrogen and oxygen atoms in total. The van der Waals surface area contributed by atoms with Gasteiger partial charge in [-0.2, -0.15) is 0 Å². The molecule has 0 saturated heterocycles. The average Bonchev–Trinajstić information content (AvgIpc) is 4.03. The van der Waals surface area contributed by atoms with Crippen LogP contribution in [0.25, 0.3) is 114 Å². The summed E-state index contributed by atoms with van der Waals surface area (Å²) >= 11 is 1.84. The zero-order valence-electron chi connectivity index (χ0n) is 31.2. The number of pyridine rings is 1. The largest absolute Gasteiger partial charge is 0.309 e. The highest BCUT2D eigenvalue weighted by molar-refractivity contribution is 7.25. The number of nitrogens with zero attached hydrogens (tertiary/aromatic N) is 4. The van der Waals surface area contributed by atoms with Crippen molar-refractivity contribution in [1.82, 2.24) is 18.7 Å². The molecule has 0 amide bonds. The molecule has 5 aromatic heterocycles. The normalized spacial score (nSPS) is 12.1. The molecule has 270 valence electrons. The molecule has 0 bridgehead atoms. The van der Waals surface area contributed by atoms with Crippen LogP contribution in [0.5, 0.6) is 0 Å². The molecule has 0 aliphatic carbocycles. The molecule has 0 atom stereocenters. The average molecular weight is 757 g/mol. The standard InChI is InChI=1S/C53H32N4S/c1-6-18-45-36(12-1)37-13-2-7-19-46(37)55(45)34-25-27-35(28-26-34)56-47-20-8-3-14-38(47)41-29-30-42-39-15-4-9-21-48(39)57(53(42)52(41)56)51-23-11-17-44(54-51)33-24-31-50-43(32-33)40-16-5-10-22-49(40)58-50/h1-32H. The van der Waals surface area contributed by atoms with Crippen molar-refractivity contribution in [3.05, 3.63) is 194 Å². The van der Waals surface area contributed by atoms with Gasteiger partial charge < -0.3 is 9.13 Å². The van der Waals surface area contributed by atoms with Crippen molar-refractivity contribution in [3.63, 3.8) is 0 Å². The van der Waals surface area contributed by atoms with E-state index in [1.54, 1.807) is 0 Å². The number of aromatic nitrogens is 4. The van der Waals surface area contributed by atoms with Gasteiger partial charge in [0.15, 0.2) is 0 Å². The summed E-state index contributed by atoms with van der Waals surface area (Å²) in [4.78, 5) is 5.46. The Kier molecular flexibility index (Phi) is 6.57. The van der Waals surface area contributed by atoms with Crippen LogP contribution in [-0.4, -0.2) is 18.7 Å². The fraction of sp³-hybridized carbons (Fsp3) is 0. The first-order valence-corrected chi connectivity index (χ1v) is 20.5. The smallest absolute Gasteiger partial charge is 0.138 e. The molecule has 13 aromatic rings. The Bertz CT molecular complexity index is 3750. The molecule has 5 heterocycles. The summed E-state index contributed by atoms with van der Waals surface area (Å²) in [6, 6.07) is 70.5. The third-order valence-corrected chi connectivity index (χ3v) is 13.2. The van der Waals surface area contributed by atoms with Gasteiger partial charge in [0.1, 0.15) is 5.82 Å². The van der Waals surface area contributed by atoms with Crippen LogP contribution in [0.2, 0.25) is 0 Å². The van der Waals surface area contributed by atoms with Crippen LogP contribution < -0.4 is 0 Å². The first-order valence-electron chi connectivity index (χ1n) is 19.7. The molecule has 0 aliphatic rings. The number of thiophene rings is 1. The molecular weight excluding hydrogens is 725 g/mol. The summed E-state index contributed by atoms with van der Waals surface area (Å²) in [5.74, 6) is 0.894. The lowest BCUT2D eigenvalue weighted by Crippen LogP contribution is -2.01. The maximum atomic E-state index is 5.46. The lowest BCUT2D eigenvalue weighted by atomic mass is 10.1. The van der Waals surface area contributed by atoms with E-state index in [1.807, 2.05) is 11.3 Å². The second-order valence-corrected chi connectivity index (χ2v) is 16.2. The number of rotatable bonds is 4. The van der Waals surface area contributed by atoms with Crippen LogP contribution in [0, 0.1) is 0 Å². The summed E-state index contributed by atoms with van der Waals surface area (Å²) in [6.07, 6.45) is 0. The Morgan fingerprint density at radius 3 is 1.45 bits per heavy atom. The van der Waals surface area contributed by atoms with Crippen molar-refractivity contribution in [2.24, 2.45) is 0 Å². The summed E-state index contributed by atoms with van der Waals surface area (Å²) in [5.41, 5.74) is 11.3. The minimum atomic E-state index is 0.894. The van der Waals surface area contributed by atoms with Crippen LogP contribution in [0.3, 0.4) is 0 Å². The van der Waals surface area contributed by atoms with E-state index < -0.39 is 0 Å². The van der Waals surface area contributed by atoms with Crippen LogP contribution in [-0.2, 0) is 0 Å². The van der Waals surface area contributed by atoms with Gasteiger partial charge in [-0.15, -0.1) is 11.3 Å². The summed E-state index contributed by atoms with van der Waals surface area (Å²) < 4.78 is 9.83. The van der Waals surface area contributed by atoms with Crippen LogP contribution in [0.15, 0.2) is 194 Å². The molecule has 0 N–H and O–H groups in total.